The van der Waals surface area contributed by atoms with Crippen molar-refractivity contribution in [2.45, 2.75) is 46.1 Å². The second kappa shape index (κ2) is 8.11. The van der Waals surface area contributed by atoms with E-state index in [0.717, 1.165) is 17.7 Å². The lowest BCUT2D eigenvalue weighted by Crippen LogP contribution is -2.33. The van der Waals surface area contributed by atoms with Crippen LogP contribution in [0, 0.1) is 11.3 Å². The third-order valence-corrected chi connectivity index (χ3v) is 3.31. The lowest BCUT2D eigenvalue weighted by Gasteiger charge is -2.13. The van der Waals surface area contributed by atoms with Gasteiger partial charge in [-0.2, -0.15) is 5.26 Å². The van der Waals surface area contributed by atoms with E-state index in [1.807, 2.05) is 44.2 Å². The minimum absolute atomic E-state index is 0.0530. The maximum Gasteiger partial charge on any atom is 0.263 e. The highest BCUT2D eigenvalue weighted by Crippen LogP contribution is 2.23. The molecule has 1 atom stereocenters. The number of carbonyl (C=O) groups is 1. The van der Waals surface area contributed by atoms with Gasteiger partial charge in [-0.05, 0) is 30.9 Å². The van der Waals surface area contributed by atoms with E-state index in [0.29, 0.717) is 5.92 Å². The van der Waals surface area contributed by atoms with Crippen molar-refractivity contribution in [3.05, 3.63) is 41.6 Å². The molecule has 0 aliphatic carbocycles. The number of nitriles is 1. The Balaban J connectivity index is 2.87. The van der Waals surface area contributed by atoms with Crippen LogP contribution in [0.1, 0.15) is 45.6 Å². The van der Waals surface area contributed by atoms with E-state index in [1.165, 1.54) is 6.20 Å². The summed E-state index contributed by atoms with van der Waals surface area (Å²) in [5.74, 6) is 0.0166. The van der Waals surface area contributed by atoms with E-state index < -0.39 is 0 Å². The van der Waals surface area contributed by atoms with Gasteiger partial charge < -0.3 is 10.6 Å². The lowest BCUT2D eigenvalue weighted by molar-refractivity contribution is -0.117. The largest absolute Gasteiger partial charge is 0.360 e. The maximum atomic E-state index is 11.9. The van der Waals surface area contributed by atoms with Crippen LogP contribution < -0.4 is 10.6 Å². The summed E-state index contributed by atoms with van der Waals surface area (Å²) in [5, 5.41) is 15.0. The molecule has 21 heavy (non-hydrogen) atoms. The summed E-state index contributed by atoms with van der Waals surface area (Å²) in [7, 11) is 0. The van der Waals surface area contributed by atoms with Gasteiger partial charge in [-0.3, -0.25) is 4.79 Å². The molecule has 2 N–H and O–H groups in total. The molecule has 1 aromatic carbocycles. The summed E-state index contributed by atoms with van der Waals surface area (Å²) in [4.78, 5) is 11.9. The maximum absolute atomic E-state index is 11.9. The normalized spacial score (nSPS) is 12.7. The molecule has 0 bridgehead atoms. The van der Waals surface area contributed by atoms with E-state index in [9.17, 15) is 4.79 Å². The molecule has 0 radical (unpaired) electrons. The molecule has 1 rings (SSSR count). The van der Waals surface area contributed by atoms with E-state index in [4.69, 9.17) is 5.26 Å². The first-order chi connectivity index (χ1) is 9.99. The van der Waals surface area contributed by atoms with Gasteiger partial charge in [-0.25, -0.2) is 0 Å². The average Bonchev–Trinajstić information content (AvgIpc) is 2.47. The van der Waals surface area contributed by atoms with Crippen LogP contribution in [0.4, 0.5) is 5.69 Å². The van der Waals surface area contributed by atoms with E-state index in [1.54, 1.807) is 0 Å². The Morgan fingerprint density at radius 3 is 2.57 bits per heavy atom. The average molecular weight is 285 g/mol. The second-order valence-corrected chi connectivity index (χ2v) is 5.34. The van der Waals surface area contributed by atoms with E-state index >= 15 is 0 Å². The van der Waals surface area contributed by atoms with Crippen LogP contribution in [0.5, 0.6) is 0 Å². The molecule has 0 fully saturated rings. The van der Waals surface area contributed by atoms with E-state index in [-0.39, 0.29) is 17.5 Å². The fourth-order valence-electron chi connectivity index (χ4n) is 1.83. The van der Waals surface area contributed by atoms with Crippen LogP contribution in [-0.2, 0) is 4.79 Å². The predicted molar refractivity (Wildman–Crippen MR) is 85.7 cm³/mol. The summed E-state index contributed by atoms with van der Waals surface area (Å²) in [6, 6.07) is 9.86. The molecular weight excluding hydrogens is 262 g/mol. The first-order valence-electron chi connectivity index (χ1n) is 7.26. The summed E-state index contributed by atoms with van der Waals surface area (Å²) < 4.78 is 0. The Kier molecular flexibility index (Phi) is 6.48. The lowest BCUT2D eigenvalue weighted by atomic mass is 10.0. The highest BCUT2D eigenvalue weighted by atomic mass is 16.1. The van der Waals surface area contributed by atoms with Gasteiger partial charge in [-0.1, -0.05) is 39.0 Å². The van der Waals surface area contributed by atoms with Crippen molar-refractivity contribution in [2.75, 3.05) is 5.32 Å². The van der Waals surface area contributed by atoms with Gasteiger partial charge in [0.1, 0.15) is 11.6 Å². The molecule has 1 aromatic rings. The second-order valence-electron chi connectivity index (χ2n) is 5.34. The molecular formula is C17H23N3O. The molecule has 0 aliphatic heterocycles. The number of nitrogens with one attached hydrogen (secondary N) is 2. The number of rotatable bonds is 6. The zero-order chi connectivity index (χ0) is 15.8. The van der Waals surface area contributed by atoms with Gasteiger partial charge in [0.05, 0.1) is 0 Å². The molecule has 0 saturated heterocycles. The molecule has 4 heteroatoms. The van der Waals surface area contributed by atoms with Crippen LogP contribution in [0.15, 0.2) is 36.0 Å². The van der Waals surface area contributed by atoms with Crippen molar-refractivity contribution in [1.29, 1.82) is 5.26 Å². The predicted octanol–water partition coefficient (Wildman–Crippen LogP) is 3.54. The van der Waals surface area contributed by atoms with Crippen molar-refractivity contribution in [3.63, 3.8) is 0 Å². The molecule has 112 valence electrons. The Labute approximate surface area is 126 Å². The number of nitrogens with zero attached hydrogens (tertiary/aromatic N) is 1. The van der Waals surface area contributed by atoms with Gasteiger partial charge in [0, 0.05) is 17.9 Å². The topological polar surface area (TPSA) is 64.9 Å². The molecule has 0 aliphatic rings. The molecule has 0 heterocycles. The van der Waals surface area contributed by atoms with Crippen LogP contribution >= 0.6 is 0 Å². The van der Waals surface area contributed by atoms with Gasteiger partial charge in [-0.15, -0.1) is 0 Å². The SMILES string of the molecule is CCC(C)NC(=O)/C(C#N)=C\Nc1ccccc1C(C)C. The zero-order valence-corrected chi connectivity index (χ0v) is 13.1. The third-order valence-electron chi connectivity index (χ3n) is 3.31. The number of carbonyl (C=O) groups excluding carboxylic acids is 1. The molecule has 0 spiro atoms. The number of benzene rings is 1. The number of hydrogen-bond acceptors (Lipinski definition) is 3. The number of para-hydroxylation sites is 1. The van der Waals surface area contributed by atoms with Crippen molar-refractivity contribution in [3.8, 4) is 6.07 Å². The first-order valence-corrected chi connectivity index (χ1v) is 7.26. The summed E-state index contributed by atoms with van der Waals surface area (Å²) >= 11 is 0. The first kappa shape index (κ1) is 16.8. The molecule has 1 unspecified atom stereocenters. The summed E-state index contributed by atoms with van der Waals surface area (Å²) in [6.45, 7) is 8.10. The highest BCUT2D eigenvalue weighted by Gasteiger charge is 2.11. The third kappa shape index (κ3) is 4.96. The molecule has 1 amide bonds. The fraction of sp³-hybridized carbons (Fsp3) is 0.412. The van der Waals surface area contributed by atoms with Gasteiger partial charge in [0.2, 0.25) is 0 Å². The fourth-order valence-corrected chi connectivity index (χ4v) is 1.83. The molecule has 0 saturated carbocycles. The van der Waals surface area contributed by atoms with Crippen LogP contribution in [0.3, 0.4) is 0 Å². The summed E-state index contributed by atoms with van der Waals surface area (Å²) in [6.07, 6.45) is 2.30. The van der Waals surface area contributed by atoms with Gasteiger partial charge in [0.25, 0.3) is 5.91 Å². The van der Waals surface area contributed by atoms with Crippen molar-refractivity contribution in [1.82, 2.24) is 5.32 Å². The Hall–Kier alpha value is -2.28. The van der Waals surface area contributed by atoms with Crippen LogP contribution in [0.25, 0.3) is 0 Å². The Morgan fingerprint density at radius 1 is 1.33 bits per heavy atom. The Bertz CT molecular complexity index is 555. The highest BCUT2D eigenvalue weighted by molar-refractivity contribution is 5.97. The minimum Gasteiger partial charge on any atom is -0.360 e. The van der Waals surface area contributed by atoms with Crippen LogP contribution in [0.2, 0.25) is 0 Å². The standard InChI is InChI=1S/C17H23N3O/c1-5-13(4)20-17(21)14(10-18)11-19-16-9-7-6-8-15(16)12(2)3/h6-9,11-13,19H,5H2,1-4H3,(H,20,21)/b14-11-. The quantitative estimate of drug-likeness (QED) is 0.620. The van der Waals surface area contributed by atoms with Gasteiger partial charge in [0.15, 0.2) is 0 Å². The Morgan fingerprint density at radius 2 is 2.00 bits per heavy atom. The zero-order valence-electron chi connectivity index (χ0n) is 13.1. The molecule has 4 nitrogen and oxygen atoms in total. The van der Waals surface area contributed by atoms with Crippen molar-refractivity contribution < 1.29 is 4.79 Å². The van der Waals surface area contributed by atoms with Gasteiger partial charge >= 0.3 is 0 Å². The smallest absolute Gasteiger partial charge is 0.263 e. The number of hydrogen-bond donors (Lipinski definition) is 2. The minimum atomic E-state index is -0.346. The van der Waals surface area contributed by atoms with Crippen molar-refractivity contribution >= 4 is 11.6 Å². The molecule has 0 aromatic heterocycles. The van der Waals surface area contributed by atoms with Crippen molar-refractivity contribution in [2.24, 2.45) is 0 Å². The number of amides is 1. The van der Waals surface area contributed by atoms with E-state index in [2.05, 4.69) is 24.5 Å². The monoisotopic (exact) mass is 285 g/mol. The number of anilines is 1. The summed E-state index contributed by atoms with van der Waals surface area (Å²) in [5.41, 5.74) is 2.14. The van der Waals surface area contributed by atoms with Crippen LogP contribution in [-0.4, -0.2) is 11.9 Å².